The van der Waals surface area contributed by atoms with E-state index >= 15 is 0 Å². The maximum Gasteiger partial charge on any atom is 0.140 e. The predicted molar refractivity (Wildman–Crippen MR) is 94.1 cm³/mol. The molecule has 1 fully saturated rings. The van der Waals surface area contributed by atoms with Gasteiger partial charge in [0.25, 0.3) is 0 Å². The minimum absolute atomic E-state index is 0.335. The van der Waals surface area contributed by atoms with Crippen LogP contribution in [0.25, 0.3) is 0 Å². The summed E-state index contributed by atoms with van der Waals surface area (Å²) in [5, 5.41) is 12.7. The number of rotatable bonds is 8. The lowest BCUT2D eigenvalue weighted by Gasteiger charge is -2.22. The fourth-order valence-electron chi connectivity index (χ4n) is 2.84. The van der Waals surface area contributed by atoms with E-state index in [-0.39, 0.29) is 5.82 Å². The molecule has 4 N–H and O–H groups in total. The minimum atomic E-state index is -0.335. The maximum atomic E-state index is 13.7. The summed E-state index contributed by atoms with van der Waals surface area (Å²) in [4.78, 5) is 0.368. The predicted octanol–water partition coefficient (Wildman–Crippen LogP) is 4.56. The molecule has 6 heteroatoms. The summed E-state index contributed by atoms with van der Waals surface area (Å²) in [6.45, 7) is 1.85. The average molecular weight is 346 g/mol. The van der Waals surface area contributed by atoms with E-state index in [1.807, 2.05) is 0 Å². The van der Waals surface area contributed by atoms with Gasteiger partial charge in [0.15, 0.2) is 0 Å². The lowest BCUT2D eigenvalue weighted by Crippen LogP contribution is -2.31. The largest absolute Gasteiger partial charge is 0.384 e. The quantitative estimate of drug-likeness (QED) is 0.477. The molecule has 0 radical (unpaired) electrons. The van der Waals surface area contributed by atoms with Gasteiger partial charge in [-0.25, -0.2) is 4.39 Å². The molecule has 22 heavy (non-hydrogen) atoms. The van der Waals surface area contributed by atoms with Gasteiger partial charge in [-0.3, -0.25) is 5.14 Å². The van der Waals surface area contributed by atoms with Gasteiger partial charge in [0, 0.05) is 12.6 Å². The van der Waals surface area contributed by atoms with Crippen molar-refractivity contribution in [2.45, 2.75) is 55.9 Å². The highest BCUT2D eigenvalue weighted by Gasteiger charge is 2.11. The first-order valence-corrected chi connectivity index (χ1v) is 9.29. The molecule has 0 heterocycles. The molecule has 0 aromatic heterocycles. The molecule has 3 nitrogen and oxygen atoms in total. The number of nitrogens with two attached hydrogens (primary N) is 1. The first-order chi connectivity index (χ1) is 10.7. The molecule has 1 aliphatic rings. The monoisotopic (exact) mass is 345 g/mol. The maximum absolute atomic E-state index is 13.7. The second-order valence-corrected chi connectivity index (χ2v) is 6.89. The summed E-state index contributed by atoms with van der Waals surface area (Å²) >= 11 is 6.98. The smallest absolute Gasteiger partial charge is 0.140 e. The average Bonchev–Trinajstić information content (AvgIpc) is 2.54. The molecule has 0 bridgehead atoms. The number of hydrogen-bond acceptors (Lipinski definition) is 4. The van der Waals surface area contributed by atoms with E-state index in [0.717, 1.165) is 37.9 Å². The molecule has 0 spiro atoms. The molecule has 124 valence electrons. The molecule has 0 saturated heterocycles. The molecule has 1 aliphatic carbocycles. The third-order valence-electron chi connectivity index (χ3n) is 4.11. The van der Waals surface area contributed by atoms with Crippen LogP contribution >= 0.6 is 23.5 Å². The number of hydrogen-bond donors (Lipinski definition) is 3. The Labute approximate surface area is 141 Å². The van der Waals surface area contributed by atoms with Gasteiger partial charge in [0.1, 0.15) is 5.82 Å². The van der Waals surface area contributed by atoms with Crippen LogP contribution in [0.3, 0.4) is 0 Å². The number of benzene rings is 1. The van der Waals surface area contributed by atoms with Gasteiger partial charge in [0.2, 0.25) is 0 Å². The zero-order chi connectivity index (χ0) is 15.8. The van der Waals surface area contributed by atoms with Gasteiger partial charge < -0.3 is 10.6 Å². The summed E-state index contributed by atoms with van der Waals surface area (Å²) in [6, 6.07) is 3.69. The Morgan fingerprint density at radius 3 is 2.64 bits per heavy atom. The molecule has 0 aliphatic heterocycles. The Bertz CT molecular complexity index is 467. The van der Waals surface area contributed by atoms with Gasteiger partial charge in [-0.2, -0.15) is 0 Å². The van der Waals surface area contributed by atoms with E-state index in [4.69, 9.17) is 16.7 Å². The van der Waals surface area contributed by atoms with Crippen LogP contribution in [0.4, 0.5) is 10.1 Å². The van der Waals surface area contributed by atoms with Gasteiger partial charge in [0.05, 0.1) is 15.6 Å². The summed E-state index contributed by atoms with van der Waals surface area (Å²) in [7, 11) is 0. The van der Waals surface area contributed by atoms with Crippen LogP contribution in [-0.2, 0) is 0 Å². The van der Waals surface area contributed by atoms with Crippen molar-refractivity contribution in [3.8, 4) is 0 Å². The highest BCUT2D eigenvalue weighted by atomic mass is 35.5. The molecule has 0 atom stereocenters. The second kappa shape index (κ2) is 9.60. The zero-order valence-corrected chi connectivity index (χ0v) is 14.4. The topological polar surface area (TPSA) is 50.1 Å². The van der Waals surface area contributed by atoms with E-state index in [1.165, 1.54) is 38.2 Å². The highest BCUT2D eigenvalue weighted by Crippen LogP contribution is 2.29. The van der Waals surface area contributed by atoms with Crippen molar-refractivity contribution < 1.29 is 4.39 Å². The summed E-state index contributed by atoms with van der Waals surface area (Å²) in [5.41, 5.74) is 0.636. The Hall–Kier alpha value is -0.490. The van der Waals surface area contributed by atoms with Crippen molar-refractivity contribution in [3.05, 3.63) is 23.0 Å². The standard InChI is InChI=1S/C16H25ClFN3S/c17-13-10-16(22-19)14(18)11-15(13)21-9-5-4-8-20-12-6-2-1-3-7-12/h10-12,20-21H,1-9,19H2. The molecule has 1 saturated carbocycles. The van der Waals surface area contributed by atoms with Gasteiger partial charge in [-0.15, -0.1) is 0 Å². The first-order valence-electron chi connectivity index (χ1n) is 8.03. The van der Waals surface area contributed by atoms with Crippen LogP contribution in [-0.4, -0.2) is 19.1 Å². The van der Waals surface area contributed by atoms with Gasteiger partial charge >= 0.3 is 0 Å². The number of halogens is 2. The third kappa shape index (κ3) is 5.61. The molecular weight excluding hydrogens is 321 g/mol. The number of nitrogens with one attached hydrogen (secondary N) is 2. The number of anilines is 1. The molecule has 2 rings (SSSR count). The van der Waals surface area contributed by atoms with E-state index in [0.29, 0.717) is 21.6 Å². The summed E-state index contributed by atoms with van der Waals surface area (Å²) in [5.74, 6) is -0.335. The van der Waals surface area contributed by atoms with E-state index in [9.17, 15) is 4.39 Å². The third-order valence-corrected chi connectivity index (χ3v) is 4.99. The Morgan fingerprint density at radius 2 is 1.91 bits per heavy atom. The molecule has 0 amide bonds. The lowest BCUT2D eigenvalue weighted by molar-refractivity contribution is 0.371. The van der Waals surface area contributed by atoms with Crippen molar-refractivity contribution in [3.63, 3.8) is 0 Å². The van der Waals surface area contributed by atoms with E-state index in [1.54, 1.807) is 6.07 Å². The van der Waals surface area contributed by atoms with Crippen LogP contribution in [0, 0.1) is 5.82 Å². The van der Waals surface area contributed by atoms with Crippen molar-refractivity contribution in [2.75, 3.05) is 18.4 Å². The van der Waals surface area contributed by atoms with E-state index in [2.05, 4.69) is 10.6 Å². The van der Waals surface area contributed by atoms with Crippen LogP contribution < -0.4 is 15.8 Å². The van der Waals surface area contributed by atoms with Crippen molar-refractivity contribution in [2.24, 2.45) is 5.14 Å². The molecule has 1 aromatic rings. The Kier molecular flexibility index (Phi) is 7.80. The fraction of sp³-hybridized carbons (Fsp3) is 0.625. The lowest BCUT2D eigenvalue weighted by atomic mass is 9.95. The minimum Gasteiger partial charge on any atom is -0.384 e. The molecular formula is C16H25ClFN3S. The van der Waals surface area contributed by atoms with Gasteiger partial charge in [-0.1, -0.05) is 30.9 Å². The van der Waals surface area contributed by atoms with Crippen LogP contribution in [0.15, 0.2) is 17.0 Å². The first kappa shape index (κ1) is 17.9. The molecule has 1 aromatic carbocycles. The van der Waals surface area contributed by atoms with Crippen LogP contribution in [0.5, 0.6) is 0 Å². The summed E-state index contributed by atoms with van der Waals surface area (Å²) < 4.78 is 13.7. The summed E-state index contributed by atoms with van der Waals surface area (Å²) in [6.07, 6.45) is 8.89. The normalized spacial score (nSPS) is 16.0. The number of unbranched alkanes of at least 4 members (excludes halogenated alkanes) is 1. The Balaban J connectivity index is 1.63. The fourth-order valence-corrected chi connectivity index (χ4v) is 3.49. The van der Waals surface area contributed by atoms with Crippen LogP contribution in [0.1, 0.15) is 44.9 Å². The zero-order valence-electron chi connectivity index (χ0n) is 12.8. The van der Waals surface area contributed by atoms with Crippen molar-refractivity contribution >= 4 is 29.2 Å². The van der Waals surface area contributed by atoms with Gasteiger partial charge in [-0.05, 0) is 56.3 Å². The Morgan fingerprint density at radius 1 is 1.18 bits per heavy atom. The van der Waals surface area contributed by atoms with Crippen molar-refractivity contribution in [1.29, 1.82) is 0 Å². The SMILES string of the molecule is NSc1cc(Cl)c(NCCCCNC2CCCCC2)cc1F. The van der Waals surface area contributed by atoms with Crippen LogP contribution in [0.2, 0.25) is 5.02 Å². The van der Waals surface area contributed by atoms with Crippen molar-refractivity contribution in [1.82, 2.24) is 5.32 Å². The second-order valence-electron chi connectivity index (χ2n) is 5.80. The highest BCUT2D eigenvalue weighted by molar-refractivity contribution is 7.97. The van der Waals surface area contributed by atoms with E-state index < -0.39 is 0 Å². The molecule has 0 unspecified atom stereocenters.